The third-order valence-corrected chi connectivity index (χ3v) is 3.63. The Morgan fingerprint density at radius 1 is 1.19 bits per heavy atom. The second kappa shape index (κ2) is 6.61. The lowest BCUT2D eigenvalue weighted by Gasteiger charge is -2.43. The number of hydrogen-bond acceptors (Lipinski definition) is 2. The highest BCUT2D eigenvalue weighted by atomic mass is 15.2. The smallest absolute Gasteiger partial charge is 0.0252 e. The summed E-state index contributed by atoms with van der Waals surface area (Å²) in [7, 11) is 0. The van der Waals surface area contributed by atoms with Crippen molar-refractivity contribution < 1.29 is 0 Å². The molecular weight excluding hydrogens is 196 g/mol. The largest absolute Gasteiger partial charge is 0.309 e. The van der Waals surface area contributed by atoms with Crippen molar-refractivity contribution in [1.29, 1.82) is 0 Å². The average Bonchev–Trinajstić information content (AvgIpc) is 2.22. The molecule has 1 aliphatic heterocycles. The first-order valence-corrected chi connectivity index (χ1v) is 7.08. The molecule has 2 nitrogen and oxygen atoms in total. The Balaban J connectivity index is 2.48. The maximum atomic E-state index is 3.60. The lowest BCUT2D eigenvalue weighted by Crippen LogP contribution is -2.59. The van der Waals surface area contributed by atoms with Crippen LogP contribution in [0.15, 0.2) is 0 Å². The van der Waals surface area contributed by atoms with Gasteiger partial charge in [-0.3, -0.25) is 4.90 Å². The van der Waals surface area contributed by atoms with Gasteiger partial charge in [-0.15, -0.1) is 0 Å². The monoisotopic (exact) mass is 226 g/mol. The van der Waals surface area contributed by atoms with Gasteiger partial charge in [0.2, 0.25) is 0 Å². The summed E-state index contributed by atoms with van der Waals surface area (Å²) in [6.07, 6.45) is 6.79. The minimum atomic E-state index is 0.302. The zero-order valence-corrected chi connectivity index (χ0v) is 11.7. The van der Waals surface area contributed by atoms with E-state index in [1.165, 1.54) is 45.2 Å². The number of piperazine rings is 1. The zero-order valence-electron chi connectivity index (χ0n) is 11.7. The first-order chi connectivity index (χ1) is 7.59. The molecule has 1 unspecified atom stereocenters. The van der Waals surface area contributed by atoms with Crippen molar-refractivity contribution >= 4 is 0 Å². The highest BCUT2D eigenvalue weighted by Gasteiger charge is 2.29. The quantitative estimate of drug-likeness (QED) is 0.749. The third-order valence-electron chi connectivity index (χ3n) is 3.63. The van der Waals surface area contributed by atoms with Gasteiger partial charge in [-0.25, -0.2) is 0 Å². The predicted octanol–water partition coefficient (Wildman–Crippen LogP) is 3.03. The molecule has 1 saturated heterocycles. The van der Waals surface area contributed by atoms with Gasteiger partial charge in [0.25, 0.3) is 0 Å². The van der Waals surface area contributed by atoms with E-state index < -0.39 is 0 Å². The number of rotatable bonds is 6. The van der Waals surface area contributed by atoms with Crippen LogP contribution >= 0.6 is 0 Å². The average molecular weight is 226 g/mol. The van der Waals surface area contributed by atoms with Crippen LogP contribution < -0.4 is 5.32 Å². The van der Waals surface area contributed by atoms with Crippen molar-refractivity contribution in [1.82, 2.24) is 10.2 Å². The fourth-order valence-corrected chi connectivity index (χ4v) is 2.77. The summed E-state index contributed by atoms with van der Waals surface area (Å²) in [4.78, 5) is 2.72. The van der Waals surface area contributed by atoms with E-state index in [0.29, 0.717) is 5.54 Å². The standard InChI is InChI=1S/C14H30N2/c1-5-7-9-13(8-6-2)16-11-10-15-14(3,4)12-16/h13,15H,5-12H2,1-4H3. The Hall–Kier alpha value is -0.0800. The molecule has 0 spiro atoms. The summed E-state index contributed by atoms with van der Waals surface area (Å²) < 4.78 is 0. The van der Waals surface area contributed by atoms with Crippen LogP contribution in [0.4, 0.5) is 0 Å². The van der Waals surface area contributed by atoms with Crippen molar-refractivity contribution in [3.8, 4) is 0 Å². The molecule has 2 heteroatoms. The van der Waals surface area contributed by atoms with E-state index >= 15 is 0 Å². The number of nitrogens with one attached hydrogen (secondary N) is 1. The van der Waals surface area contributed by atoms with Crippen LogP contribution in [0.2, 0.25) is 0 Å². The minimum Gasteiger partial charge on any atom is -0.309 e. The van der Waals surface area contributed by atoms with E-state index in [1.807, 2.05) is 0 Å². The Labute approximate surface area is 102 Å². The SMILES string of the molecule is CCCCC(CCC)N1CCNC(C)(C)C1. The first kappa shape index (κ1) is 14.0. The van der Waals surface area contributed by atoms with E-state index in [1.54, 1.807) is 0 Å². The van der Waals surface area contributed by atoms with E-state index in [2.05, 4.69) is 37.9 Å². The number of nitrogens with zero attached hydrogens (tertiary/aromatic N) is 1. The van der Waals surface area contributed by atoms with Gasteiger partial charge >= 0.3 is 0 Å². The molecule has 16 heavy (non-hydrogen) atoms. The lowest BCUT2D eigenvalue weighted by atomic mass is 9.97. The van der Waals surface area contributed by atoms with E-state index in [4.69, 9.17) is 0 Å². The molecule has 0 saturated carbocycles. The summed E-state index contributed by atoms with van der Waals surface area (Å²) >= 11 is 0. The minimum absolute atomic E-state index is 0.302. The van der Waals surface area contributed by atoms with E-state index in [-0.39, 0.29) is 0 Å². The van der Waals surface area contributed by atoms with Crippen molar-refractivity contribution in [3.63, 3.8) is 0 Å². The van der Waals surface area contributed by atoms with Gasteiger partial charge in [0.15, 0.2) is 0 Å². The molecule has 1 atom stereocenters. The molecule has 1 rings (SSSR count). The van der Waals surface area contributed by atoms with Crippen LogP contribution in [-0.2, 0) is 0 Å². The van der Waals surface area contributed by atoms with Crippen molar-refractivity contribution in [2.24, 2.45) is 0 Å². The molecular formula is C14H30N2. The lowest BCUT2D eigenvalue weighted by molar-refractivity contribution is 0.0972. The summed E-state index contributed by atoms with van der Waals surface area (Å²) in [5, 5.41) is 3.60. The van der Waals surface area contributed by atoms with Crippen molar-refractivity contribution in [2.45, 2.75) is 71.4 Å². The van der Waals surface area contributed by atoms with Gasteiger partial charge in [0.1, 0.15) is 0 Å². The Morgan fingerprint density at radius 3 is 2.50 bits per heavy atom. The summed E-state index contributed by atoms with van der Waals surface area (Å²) in [6.45, 7) is 12.8. The second-order valence-electron chi connectivity index (χ2n) is 5.87. The molecule has 0 aromatic heterocycles. The normalized spacial score (nSPS) is 23.2. The van der Waals surface area contributed by atoms with Crippen LogP contribution in [0, 0.1) is 0 Å². The fourth-order valence-electron chi connectivity index (χ4n) is 2.77. The predicted molar refractivity (Wildman–Crippen MR) is 71.9 cm³/mol. The van der Waals surface area contributed by atoms with Crippen LogP contribution in [0.25, 0.3) is 0 Å². The maximum Gasteiger partial charge on any atom is 0.0252 e. The molecule has 1 fully saturated rings. The molecule has 0 aliphatic carbocycles. The molecule has 1 heterocycles. The van der Waals surface area contributed by atoms with E-state index in [9.17, 15) is 0 Å². The Bertz CT molecular complexity index is 189. The molecule has 0 amide bonds. The summed E-state index contributed by atoms with van der Waals surface area (Å²) in [5.41, 5.74) is 0.302. The van der Waals surface area contributed by atoms with Crippen LogP contribution in [0.5, 0.6) is 0 Å². The number of hydrogen-bond donors (Lipinski definition) is 1. The molecule has 0 aromatic carbocycles. The van der Waals surface area contributed by atoms with Gasteiger partial charge in [0, 0.05) is 31.2 Å². The van der Waals surface area contributed by atoms with Crippen molar-refractivity contribution in [3.05, 3.63) is 0 Å². The van der Waals surface area contributed by atoms with Crippen LogP contribution in [-0.4, -0.2) is 36.1 Å². The Kier molecular flexibility index (Phi) is 5.77. The highest BCUT2D eigenvalue weighted by Crippen LogP contribution is 2.19. The zero-order chi connectivity index (χ0) is 12.0. The van der Waals surface area contributed by atoms with Gasteiger partial charge in [-0.05, 0) is 26.7 Å². The molecule has 0 radical (unpaired) electrons. The van der Waals surface area contributed by atoms with Crippen LogP contribution in [0.1, 0.15) is 59.8 Å². The summed E-state index contributed by atoms with van der Waals surface area (Å²) in [6, 6.07) is 0.825. The van der Waals surface area contributed by atoms with Gasteiger partial charge in [0.05, 0.1) is 0 Å². The summed E-state index contributed by atoms with van der Waals surface area (Å²) in [5.74, 6) is 0. The van der Waals surface area contributed by atoms with Crippen LogP contribution in [0.3, 0.4) is 0 Å². The molecule has 96 valence electrons. The third kappa shape index (κ3) is 4.42. The molecule has 0 bridgehead atoms. The number of unbranched alkanes of at least 4 members (excludes halogenated alkanes) is 1. The molecule has 1 aliphatic rings. The van der Waals surface area contributed by atoms with Gasteiger partial charge in [-0.2, -0.15) is 0 Å². The molecule has 1 N–H and O–H groups in total. The highest BCUT2D eigenvalue weighted by molar-refractivity contribution is 4.89. The second-order valence-corrected chi connectivity index (χ2v) is 5.87. The first-order valence-electron chi connectivity index (χ1n) is 7.08. The van der Waals surface area contributed by atoms with Gasteiger partial charge in [-0.1, -0.05) is 33.1 Å². The molecule has 0 aromatic rings. The Morgan fingerprint density at radius 2 is 1.94 bits per heavy atom. The fraction of sp³-hybridized carbons (Fsp3) is 1.00. The maximum absolute atomic E-state index is 3.60. The van der Waals surface area contributed by atoms with Gasteiger partial charge < -0.3 is 5.32 Å². The van der Waals surface area contributed by atoms with Crippen molar-refractivity contribution in [2.75, 3.05) is 19.6 Å². The van der Waals surface area contributed by atoms with E-state index in [0.717, 1.165) is 12.6 Å². The topological polar surface area (TPSA) is 15.3 Å².